The van der Waals surface area contributed by atoms with E-state index in [-0.39, 0.29) is 24.8 Å². The minimum Gasteiger partial charge on any atom is -0.452 e. The Bertz CT molecular complexity index is 221. The van der Waals surface area contributed by atoms with E-state index in [9.17, 15) is 4.79 Å². The van der Waals surface area contributed by atoms with Crippen LogP contribution in [0.1, 0.15) is 12.8 Å². The van der Waals surface area contributed by atoms with Gasteiger partial charge in [-0.05, 0) is 31.8 Å². The van der Waals surface area contributed by atoms with Gasteiger partial charge in [-0.3, -0.25) is 4.90 Å². The van der Waals surface area contributed by atoms with Crippen molar-refractivity contribution in [3.05, 3.63) is 0 Å². The molecule has 0 bridgehead atoms. The fourth-order valence-electron chi connectivity index (χ4n) is 1.86. The van der Waals surface area contributed by atoms with Crippen molar-refractivity contribution in [2.75, 3.05) is 33.4 Å². The van der Waals surface area contributed by atoms with Crippen LogP contribution >= 0.6 is 24.8 Å². The molecule has 1 heterocycles. The van der Waals surface area contributed by atoms with Gasteiger partial charge in [-0.25, -0.2) is 15.6 Å². The van der Waals surface area contributed by atoms with Gasteiger partial charge in [-0.15, -0.1) is 24.8 Å². The lowest BCUT2D eigenvalue weighted by molar-refractivity contribution is 0.0707. The molecule has 4 N–H and O–H groups in total. The van der Waals surface area contributed by atoms with Crippen molar-refractivity contribution in [2.45, 2.75) is 12.8 Å². The van der Waals surface area contributed by atoms with E-state index in [0.29, 0.717) is 19.1 Å². The van der Waals surface area contributed by atoms with Crippen molar-refractivity contribution in [2.24, 2.45) is 17.5 Å². The zero-order valence-corrected chi connectivity index (χ0v) is 11.6. The Balaban J connectivity index is 0. The lowest BCUT2D eigenvalue weighted by Crippen LogP contribution is -2.49. The number of likely N-dealkylation sites (tertiary alicyclic amines) is 1. The lowest BCUT2D eigenvalue weighted by atomic mass is 9.99. The van der Waals surface area contributed by atoms with Crippen molar-refractivity contribution in [3.8, 4) is 0 Å². The number of hydrogen-bond acceptors (Lipinski definition) is 5. The van der Waals surface area contributed by atoms with Crippen LogP contribution in [0.25, 0.3) is 0 Å². The lowest BCUT2D eigenvalue weighted by Gasteiger charge is -2.33. The van der Waals surface area contributed by atoms with Gasteiger partial charge < -0.3 is 10.5 Å². The average molecular weight is 289 g/mol. The highest BCUT2D eigenvalue weighted by molar-refractivity contribution is 5.85. The minimum absolute atomic E-state index is 0. The first-order valence-electron chi connectivity index (χ1n) is 5.20. The highest BCUT2D eigenvalue weighted by Gasteiger charge is 2.21. The molecule has 104 valence electrons. The summed E-state index contributed by atoms with van der Waals surface area (Å²) in [6.07, 6.45) is 1.76. The Morgan fingerprint density at radius 3 is 2.71 bits per heavy atom. The van der Waals surface area contributed by atoms with Crippen molar-refractivity contribution in [3.63, 3.8) is 0 Å². The Morgan fingerprint density at radius 2 is 2.18 bits per heavy atom. The summed E-state index contributed by atoms with van der Waals surface area (Å²) in [5.41, 5.74) is 5.62. The molecular weight excluding hydrogens is 267 g/mol. The molecule has 0 aromatic carbocycles. The van der Waals surface area contributed by atoms with Crippen LogP contribution < -0.4 is 11.6 Å². The molecule has 0 unspecified atom stereocenters. The first kappa shape index (κ1) is 19.1. The highest BCUT2D eigenvalue weighted by atomic mass is 35.5. The quantitative estimate of drug-likeness (QED) is 0.446. The van der Waals surface area contributed by atoms with Gasteiger partial charge in [0.1, 0.15) is 0 Å². The second-order valence-corrected chi connectivity index (χ2v) is 3.90. The maximum absolute atomic E-state index is 11.1. The number of methoxy groups -OCH3 is 1. The van der Waals surface area contributed by atoms with Crippen LogP contribution in [0.5, 0.6) is 0 Å². The second kappa shape index (κ2) is 9.73. The number of amides is 1. The third kappa shape index (κ3) is 6.28. The van der Waals surface area contributed by atoms with Crippen LogP contribution in [0.3, 0.4) is 0 Å². The van der Waals surface area contributed by atoms with E-state index in [2.05, 4.69) is 9.64 Å². The van der Waals surface area contributed by atoms with Crippen LogP contribution in [0.4, 0.5) is 4.79 Å². The largest absolute Gasteiger partial charge is 0.452 e. The number of nitrogens with two attached hydrogens (primary N) is 2. The van der Waals surface area contributed by atoms with Crippen LogP contribution in [0, 0.1) is 5.92 Å². The number of hydrogen-bond donors (Lipinski definition) is 2. The molecule has 1 aliphatic rings. The molecule has 1 amide bonds. The summed E-state index contributed by atoms with van der Waals surface area (Å²) in [5.74, 6) is 6.05. The van der Waals surface area contributed by atoms with E-state index in [0.717, 1.165) is 30.9 Å². The third-order valence-corrected chi connectivity index (χ3v) is 2.70. The Hall–Kier alpha value is -0.270. The first-order chi connectivity index (χ1) is 7.17. The maximum Gasteiger partial charge on any atom is 0.425 e. The molecule has 0 aromatic heterocycles. The predicted molar refractivity (Wildman–Crippen MR) is 71.1 cm³/mol. The standard InChI is InChI=1S/C9H20N4O2.2ClH/c1-15-9(14)13(11)7-12-4-2-3-8(5-10)6-12;;/h8H,2-7,10-11H2,1H3;2*1H/t8-;;/m0../s1. The Morgan fingerprint density at radius 1 is 1.53 bits per heavy atom. The summed E-state index contributed by atoms with van der Waals surface area (Å²) in [4.78, 5) is 13.2. The molecule has 1 saturated heterocycles. The van der Waals surface area contributed by atoms with Gasteiger partial charge in [0.05, 0.1) is 13.8 Å². The molecular formula is C9H22Cl2N4O2. The van der Waals surface area contributed by atoms with E-state index in [1.54, 1.807) is 0 Å². The third-order valence-electron chi connectivity index (χ3n) is 2.70. The average Bonchev–Trinajstić information content (AvgIpc) is 2.28. The van der Waals surface area contributed by atoms with Crippen LogP contribution in [0.15, 0.2) is 0 Å². The van der Waals surface area contributed by atoms with Crippen molar-refractivity contribution >= 4 is 30.9 Å². The van der Waals surface area contributed by atoms with E-state index in [1.807, 2.05) is 0 Å². The maximum atomic E-state index is 11.1. The normalized spacial score (nSPS) is 19.8. The summed E-state index contributed by atoms with van der Waals surface area (Å²) in [7, 11) is 1.32. The molecule has 6 nitrogen and oxygen atoms in total. The van der Waals surface area contributed by atoms with Crippen LogP contribution in [0.2, 0.25) is 0 Å². The van der Waals surface area contributed by atoms with Gasteiger partial charge in [0.15, 0.2) is 0 Å². The number of carbonyl (C=O) groups is 1. The highest BCUT2D eigenvalue weighted by Crippen LogP contribution is 2.14. The van der Waals surface area contributed by atoms with Gasteiger partial charge in [0, 0.05) is 6.54 Å². The number of hydrazine groups is 1. The van der Waals surface area contributed by atoms with E-state index in [1.165, 1.54) is 7.11 Å². The summed E-state index contributed by atoms with van der Waals surface area (Å²) in [6, 6.07) is 0. The monoisotopic (exact) mass is 288 g/mol. The molecule has 1 atom stereocenters. The molecule has 1 rings (SSSR count). The van der Waals surface area contributed by atoms with Crippen LogP contribution in [-0.4, -0.2) is 49.4 Å². The predicted octanol–water partition coefficient (Wildman–Crippen LogP) is 0.400. The summed E-state index contributed by atoms with van der Waals surface area (Å²) >= 11 is 0. The number of carbonyl (C=O) groups excluding carboxylic acids is 1. The summed E-state index contributed by atoms with van der Waals surface area (Å²) in [6.45, 7) is 2.96. The fraction of sp³-hybridized carbons (Fsp3) is 0.889. The topological polar surface area (TPSA) is 84.8 Å². The fourth-order valence-corrected chi connectivity index (χ4v) is 1.86. The zero-order valence-electron chi connectivity index (χ0n) is 10.0. The summed E-state index contributed by atoms with van der Waals surface area (Å²) < 4.78 is 4.52. The van der Waals surface area contributed by atoms with Gasteiger partial charge in [-0.1, -0.05) is 0 Å². The molecule has 0 saturated carbocycles. The van der Waals surface area contributed by atoms with Gasteiger partial charge in [0.2, 0.25) is 0 Å². The van der Waals surface area contributed by atoms with Gasteiger partial charge in [0.25, 0.3) is 0 Å². The van der Waals surface area contributed by atoms with E-state index in [4.69, 9.17) is 11.6 Å². The number of rotatable bonds is 3. The summed E-state index contributed by atoms with van der Waals surface area (Å²) in [5, 5.41) is 1.08. The molecule has 1 aliphatic heterocycles. The number of halogens is 2. The van der Waals surface area contributed by atoms with Crippen molar-refractivity contribution in [1.82, 2.24) is 9.91 Å². The van der Waals surface area contributed by atoms with Gasteiger partial charge >= 0.3 is 6.09 Å². The van der Waals surface area contributed by atoms with Crippen molar-refractivity contribution < 1.29 is 9.53 Å². The molecule has 0 spiro atoms. The molecule has 8 heteroatoms. The number of nitrogens with zero attached hydrogens (tertiary/aromatic N) is 2. The molecule has 0 radical (unpaired) electrons. The van der Waals surface area contributed by atoms with Crippen LogP contribution in [-0.2, 0) is 4.74 Å². The zero-order chi connectivity index (χ0) is 11.3. The molecule has 0 aromatic rings. The number of ether oxygens (including phenoxy) is 1. The number of piperidine rings is 1. The Labute approximate surface area is 114 Å². The second-order valence-electron chi connectivity index (χ2n) is 3.90. The van der Waals surface area contributed by atoms with E-state index >= 15 is 0 Å². The van der Waals surface area contributed by atoms with E-state index < -0.39 is 6.09 Å². The smallest absolute Gasteiger partial charge is 0.425 e. The van der Waals surface area contributed by atoms with Gasteiger partial charge in [-0.2, -0.15) is 0 Å². The minimum atomic E-state index is -0.509. The molecule has 17 heavy (non-hydrogen) atoms. The SMILES string of the molecule is COC(=O)N(N)CN1CCC[C@@H](CN)C1.Cl.Cl. The van der Waals surface area contributed by atoms with Crippen molar-refractivity contribution in [1.29, 1.82) is 0 Å². The molecule has 1 fully saturated rings. The molecule has 0 aliphatic carbocycles. The Kier molecular flexibility index (Phi) is 10.9. The first-order valence-corrected chi connectivity index (χ1v) is 5.20.